The first-order chi connectivity index (χ1) is 12.9. The number of hydrogen-bond donors (Lipinski definition) is 1. The van der Waals surface area contributed by atoms with Crippen molar-refractivity contribution in [2.75, 3.05) is 13.2 Å². The highest BCUT2D eigenvalue weighted by Gasteiger charge is 2.37. The molecule has 7 nitrogen and oxygen atoms in total. The third kappa shape index (κ3) is 3.67. The van der Waals surface area contributed by atoms with Crippen LogP contribution in [-0.4, -0.2) is 45.3 Å². The van der Waals surface area contributed by atoms with Crippen LogP contribution in [0, 0.1) is 11.6 Å². The molecule has 0 spiro atoms. The maximum absolute atomic E-state index is 14.1. The fraction of sp³-hybridized carbons (Fsp3) is 0.444. The number of likely N-dealkylation sites (tertiary alicyclic amines) is 1. The second-order valence-electron chi connectivity index (χ2n) is 6.36. The van der Waals surface area contributed by atoms with Crippen molar-refractivity contribution in [1.29, 1.82) is 0 Å². The summed E-state index contributed by atoms with van der Waals surface area (Å²) in [5.41, 5.74) is 0.506. The van der Waals surface area contributed by atoms with Crippen molar-refractivity contribution in [3.63, 3.8) is 0 Å². The third-order valence-electron chi connectivity index (χ3n) is 4.69. The highest BCUT2D eigenvalue weighted by molar-refractivity contribution is 5.89. The van der Waals surface area contributed by atoms with Crippen LogP contribution in [0.15, 0.2) is 18.2 Å². The number of ether oxygens (including phenoxy) is 1. The first kappa shape index (κ1) is 18.9. The number of rotatable bonds is 5. The number of carbonyl (C=O) groups excluding carboxylic acids is 2. The predicted octanol–water partition coefficient (Wildman–Crippen LogP) is 2.73. The van der Waals surface area contributed by atoms with Crippen LogP contribution in [0.2, 0.25) is 0 Å². The monoisotopic (exact) mass is 378 g/mol. The Hall–Kier alpha value is -2.84. The summed E-state index contributed by atoms with van der Waals surface area (Å²) in [5.74, 6) is -3.19. The van der Waals surface area contributed by atoms with E-state index >= 15 is 0 Å². The summed E-state index contributed by atoms with van der Waals surface area (Å²) in [5, 5.41) is 10.3. The van der Waals surface area contributed by atoms with Gasteiger partial charge >= 0.3 is 5.97 Å². The van der Waals surface area contributed by atoms with E-state index in [1.165, 1.54) is 6.07 Å². The van der Waals surface area contributed by atoms with E-state index in [4.69, 9.17) is 4.74 Å². The summed E-state index contributed by atoms with van der Waals surface area (Å²) >= 11 is 0. The molecule has 1 aromatic heterocycles. The molecule has 1 N–H and O–H groups in total. The minimum absolute atomic E-state index is 0.0437. The van der Waals surface area contributed by atoms with Crippen LogP contribution in [0.5, 0.6) is 0 Å². The van der Waals surface area contributed by atoms with E-state index in [0.29, 0.717) is 25.1 Å². The number of amides is 1. The van der Waals surface area contributed by atoms with Gasteiger partial charge in [0.2, 0.25) is 5.91 Å². The summed E-state index contributed by atoms with van der Waals surface area (Å²) in [6.45, 7) is 3.90. The SMILES string of the molecule is CCOC(=O)c1n[nH]nc1C1CCCN1C(=O)C(C)c1ccc(F)cc1F. The normalized spacial score (nSPS) is 17.8. The molecule has 0 aliphatic carbocycles. The first-order valence-electron chi connectivity index (χ1n) is 8.77. The molecule has 2 aromatic rings. The van der Waals surface area contributed by atoms with Gasteiger partial charge in [0.15, 0.2) is 5.69 Å². The molecule has 2 heterocycles. The molecule has 1 amide bonds. The number of hydrogen-bond acceptors (Lipinski definition) is 5. The molecule has 1 aliphatic heterocycles. The van der Waals surface area contributed by atoms with Crippen molar-refractivity contribution in [3.8, 4) is 0 Å². The molecular weight excluding hydrogens is 358 g/mol. The van der Waals surface area contributed by atoms with Gasteiger partial charge in [-0.3, -0.25) is 4.79 Å². The maximum atomic E-state index is 14.1. The maximum Gasteiger partial charge on any atom is 0.360 e. The van der Waals surface area contributed by atoms with Crippen molar-refractivity contribution >= 4 is 11.9 Å². The van der Waals surface area contributed by atoms with Gasteiger partial charge in [-0.25, -0.2) is 13.6 Å². The molecule has 1 aromatic carbocycles. The Balaban J connectivity index is 1.85. The van der Waals surface area contributed by atoms with Crippen LogP contribution in [-0.2, 0) is 9.53 Å². The van der Waals surface area contributed by atoms with Gasteiger partial charge in [0, 0.05) is 18.2 Å². The predicted molar refractivity (Wildman–Crippen MR) is 90.8 cm³/mol. The molecular formula is C18H20F2N4O3. The smallest absolute Gasteiger partial charge is 0.360 e. The van der Waals surface area contributed by atoms with Crippen molar-refractivity contribution < 1.29 is 23.1 Å². The summed E-state index contributed by atoms with van der Waals surface area (Å²) in [6.07, 6.45) is 1.31. The molecule has 0 saturated carbocycles. The molecule has 0 bridgehead atoms. The van der Waals surface area contributed by atoms with Crippen molar-refractivity contribution in [2.24, 2.45) is 0 Å². The second kappa shape index (κ2) is 7.81. The van der Waals surface area contributed by atoms with Gasteiger partial charge in [-0.2, -0.15) is 10.3 Å². The number of carbonyl (C=O) groups is 2. The summed E-state index contributed by atoms with van der Waals surface area (Å²) in [4.78, 5) is 26.6. The second-order valence-corrected chi connectivity index (χ2v) is 6.36. The summed E-state index contributed by atoms with van der Waals surface area (Å²) in [6, 6.07) is 2.71. The van der Waals surface area contributed by atoms with Crippen LogP contribution in [0.25, 0.3) is 0 Å². The number of esters is 1. The largest absolute Gasteiger partial charge is 0.461 e. The van der Waals surface area contributed by atoms with Crippen LogP contribution >= 0.6 is 0 Å². The van der Waals surface area contributed by atoms with Crippen LogP contribution in [0.1, 0.15) is 60.4 Å². The minimum Gasteiger partial charge on any atom is -0.461 e. The molecule has 0 radical (unpaired) electrons. The Labute approximate surface area is 154 Å². The van der Waals surface area contributed by atoms with Gasteiger partial charge in [-0.1, -0.05) is 6.07 Å². The van der Waals surface area contributed by atoms with E-state index in [2.05, 4.69) is 15.4 Å². The molecule has 2 atom stereocenters. The third-order valence-corrected chi connectivity index (χ3v) is 4.69. The van der Waals surface area contributed by atoms with E-state index in [9.17, 15) is 18.4 Å². The van der Waals surface area contributed by atoms with Crippen LogP contribution in [0.4, 0.5) is 8.78 Å². The van der Waals surface area contributed by atoms with Gasteiger partial charge in [0.25, 0.3) is 0 Å². The lowest BCUT2D eigenvalue weighted by Crippen LogP contribution is -2.35. The van der Waals surface area contributed by atoms with Gasteiger partial charge in [-0.15, -0.1) is 5.10 Å². The number of H-pyrrole nitrogens is 1. The first-order valence-corrected chi connectivity index (χ1v) is 8.77. The Morgan fingerprint density at radius 2 is 2.15 bits per heavy atom. The average molecular weight is 378 g/mol. The molecule has 3 rings (SSSR count). The number of halogens is 2. The van der Waals surface area contributed by atoms with E-state index in [0.717, 1.165) is 12.1 Å². The topological polar surface area (TPSA) is 88.2 Å². The minimum atomic E-state index is -0.802. The van der Waals surface area contributed by atoms with Gasteiger partial charge in [-0.05, 0) is 32.8 Å². The lowest BCUT2D eigenvalue weighted by molar-refractivity contribution is -0.133. The number of nitrogens with one attached hydrogen (secondary N) is 1. The van der Waals surface area contributed by atoms with Gasteiger partial charge in [0.05, 0.1) is 18.6 Å². The summed E-state index contributed by atoms with van der Waals surface area (Å²) in [7, 11) is 0. The molecule has 1 saturated heterocycles. The van der Waals surface area contributed by atoms with Gasteiger partial charge in [0.1, 0.15) is 17.3 Å². The molecule has 27 heavy (non-hydrogen) atoms. The molecule has 1 fully saturated rings. The van der Waals surface area contributed by atoms with Crippen molar-refractivity contribution in [3.05, 3.63) is 46.8 Å². The Morgan fingerprint density at radius 3 is 2.85 bits per heavy atom. The quantitative estimate of drug-likeness (QED) is 0.809. The number of aromatic amines is 1. The molecule has 9 heteroatoms. The Kier molecular flexibility index (Phi) is 5.48. The van der Waals surface area contributed by atoms with Crippen molar-refractivity contribution in [2.45, 2.75) is 38.6 Å². The fourth-order valence-corrected chi connectivity index (χ4v) is 3.37. The highest BCUT2D eigenvalue weighted by Crippen LogP contribution is 2.35. The summed E-state index contributed by atoms with van der Waals surface area (Å²) < 4.78 is 32.2. The average Bonchev–Trinajstić information content (AvgIpc) is 3.29. The highest BCUT2D eigenvalue weighted by atomic mass is 19.1. The van der Waals surface area contributed by atoms with Crippen molar-refractivity contribution in [1.82, 2.24) is 20.3 Å². The number of nitrogens with zero attached hydrogens (tertiary/aromatic N) is 3. The van der Waals surface area contributed by atoms with Crippen LogP contribution in [0.3, 0.4) is 0 Å². The Bertz CT molecular complexity index is 855. The lowest BCUT2D eigenvalue weighted by atomic mass is 9.98. The zero-order valence-corrected chi connectivity index (χ0v) is 15.0. The van der Waals surface area contributed by atoms with E-state index in [1.54, 1.807) is 18.7 Å². The zero-order valence-electron chi connectivity index (χ0n) is 15.0. The van der Waals surface area contributed by atoms with E-state index < -0.39 is 29.6 Å². The van der Waals surface area contributed by atoms with E-state index in [-0.39, 0.29) is 23.8 Å². The lowest BCUT2D eigenvalue weighted by Gasteiger charge is -2.27. The standard InChI is InChI=1S/C18H20F2N4O3/c1-3-27-18(26)16-15(21-23-22-16)14-5-4-8-24(14)17(25)10(2)12-7-6-11(19)9-13(12)20/h6-7,9-10,14H,3-5,8H2,1-2H3,(H,21,22,23). The molecule has 144 valence electrons. The Morgan fingerprint density at radius 1 is 1.37 bits per heavy atom. The molecule has 1 aliphatic rings. The van der Waals surface area contributed by atoms with E-state index in [1.807, 2.05) is 0 Å². The van der Waals surface area contributed by atoms with Gasteiger partial charge < -0.3 is 9.64 Å². The number of benzene rings is 1. The zero-order chi connectivity index (χ0) is 19.6. The fourth-order valence-electron chi connectivity index (χ4n) is 3.37. The number of aromatic nitrogens is 3. The van der Waals surface area contributed by atoms with Crippen LogP contribution < -0.4 is 0 Å². The molecule has 2 unspecified atom stereocenters.